The fraction of sp³-hybridized carbons (Fsp3) is 0.727. The van der Waals surface area contributed by atoms with E-state index < -0.39 is 17.5 Å². The maximum atomic E-state index is 11.5. The van der Waals surface area contributed by atoms with Gasteiger partial charge in [0, 0.05) is 20.0 Å². The Morgan fingerprint density at radius 2 is 1.72 bits per heavy atom. The van der Waals surface area contributed by atoms with Crippen LogP contribution in [0.2, 0.25) is 0 Å². The molecule has 0 aliphatic carbocycles. The summed E-state index contributed by atoms with van der Waals surface area (Å²) in [5.74, 6) is -1.25. The highest BCUT2D eigenvalue weighted by Gasteiger charge is 2.33. The van der Waals surface area contributed by atoms with Crippen molar-refractivity contribution in [2.24, 2.45) is 0 Å². The van der Waals surface area contributed by atoms with Crippen molar-refractivity contribution in [3.05, 3.63) is 0 Å². The van der Waals surface area contributed by atoms with E-state index in [1.807, 2.05) is 6.92 Å². The van der Waals surface area contributed by atoms with Crippen LogP contribution >= 0.6 is 0 Å². The molecule has 0 bridgehead atoms. The normalized spacial score (nSPS) is 13.3. The summed E-state index contributed by atoms with van der Waals surface area (Å²) in [7, 11) is 0. The van der Waals surface area contributed by atoms with Gasteiger partial charge in [0.15, 0.2) is 0 Å². The maximum absolute atomic E-state index is 11.5. The van der Waals surface area contributed by atoms with Crippen molar-refractivity contribution in [3.63, 3.8) is 0 Å². The Hall–Kier alpha value is -1.79. The molecule has 0 radical (unpaired) electrons. The number of carbonyl (C=O) groups excluding carboxylic acids is 2. The molecule has 1 atom stereocenters. The van der Waals surface area contributed by atoms with Crippen molar-refractivity contribution in [1.29, 1.82) is 0 Å². The van der Waals surface area contributed by atoms with Crippen molar-refractivity contribution in [3.8, 4) is 0 Å². The summed E-state index contributed by atoms with van der Waals surface area (Å²) >= 11 is 0. The second-order valence-electron chi connectivity index (χ2n) is 4.25. The van der Waals surface area contributed by atoms with Crippen LogP contribution in [0.25, 0.3) is 0 Å². The summed E-state index contributed by atoms with van der Waals surface area (Å²) in [5, 5.41) is 16.5. The average Bonchev–Trinajstić information content (AvgIpc) is 2.24. The number of hydrogen-bond donors (Lipinski definition) is 4. The lowest BCUT2D eigenvalue weighted by atomic mass is 9.97. The number of amides is 3. The van der Waals surface area contributed by atoms with Crippen LogP contribution in [-0.2, 0) is 9.59 Å². The first-order chi connectivity index (χ1) is 8.31. The third-order valence-electron chi connectivity index (χ3n) is 2.40. The van der Waals surface area contributed by atoms with Crippen LogP contribution in [0, 0.1) is 0 Å². The van der Waals surface area contributed by atoms with E-state index in [9.17, 15) is 14.4 Å². The van der Waals surface area contributed by atoms with Crippen molar-refractivity contribution >= 4 is 17.9 Å². The van der Waals surface area contributed by atoms with Crippen molar-refractivity contribution < 1.29 is 19.5 Å². The summed E-state index contributed by atoms with van der Waals surface area (Å²) in [4.78, 5) is 33.1. The standard InChI is InChI=1S/C11H21N3O4/c1-4-5-11(3,9(16)17)14-10(18)13-7-6-12-8(2)15/h4-7H2,1-3H3,(H,12,15)(H,16,17)(H2,13,14,18). The van der Waals surface area contributed by atoms with E-state index in [1.54, 1.807) is 0 Å². The van der Waals surface area contributed by atoms with Crippen LogP contribution in [0.3, 0.4) is 0 Å². The predicted octanol–water partition coefficient (Wildman–Crippen LogP) is 0.0651. The zero-order valence-corrected chi connectivity index (χ0v) is 11.0. The van der Waals surface area contributed by atoms with E-state index in [0.717, 1.165) is 0 Å². The Morgan fingerprint density at radius 3 is 2.17 bits per heavy atom. The highest BCUT2D eigenvalue weighted by Crippen LogP contribution is 2.12. The Bertz CT molecular complexity index is 319. The minimum absolute atomic E-state index is 0.182. The highest BCUT2D eigenvalue weighted by molar-refractivity contribution is 5.85. The first-order valence-electron chi connectivity index (χ1n) is 5.85. The van der Waals surface area contributed by atoms with Gasteiger partial charge >= 0.3 is 12.0 Å². The molecule has 0 aliphatic rings. The zero-order valence-electron chi connectivity index (χ0n) is 11.0. The molecule has 7 nitrogen and oxygen atoms in total. The summed E-state index contributed by atoms with van der Waals surface area (Å²) < 4.78 is 0. The van der Waals surface area contributed by atoms with Gasteiger partial charge in [0.2, 0.25) is 5.91 Å². The third-order valence-corrected chi connectivity index (χ3v) is 2.40. The summed E-state index contributed by atoms with van der Waals surface area (Å²) in [6, 6.07) is -0.557. The Labute approximate surface area is 106 Å². The third kappa shape index (κ3) is 6.07. The molecule has 0 fully saturated rings. The molecule has 18 heavy (non-hydrogen) atoms. The molecule has 7 heteroatoms. The van der Waals surface area contributed by atoms with E-state index >= 15 is 0 Å². The lowest BCUT2D eigenvalue weighted by Gasteiger charge is -2.25. The quantitative estimate of drug-likeness (QED) is 0.485. The fourth-order valence-corrected chi connectivity index (χ4v) is 1.43. The molecule has 0 heterocycles. The first kappa shape index (κ1) is 16.2. The molecular formula is C11H21N3O4. The maximum Gasteiger partial charge on any atom is 0.329 e. The number of urea groups is 1. The van der Waals surface area contributed by atoms with Gasteiger partial charge in [-0.1, -0.05) is 13.3 Å². The smallest absolute Gasteiger partial charge is 0.329 e. The van der Waals surface area contributed by atoms with E-state index in [1.165, 1.54) is 13.8 Å². The fourth-order valence-electron chi connectivity index (χ4n) is 1.43. The van der Waals surface area contributed by atoms with Gasteiger partial charge < -0.3 is 21.1 Å². The van der Waals surface area contributed by atoms with Crippen LogP contribution in [0.1, 0.15) is 33.6 Å². The van der Waals surface area contributed by atoms with Crippen LogP contribution in [-0.4, -0.2) is 41.6 Å². The van der Waals surface area contributed by atoms with Gasteiger partial charge in [0.05, 0.1) is 0 Å². The number of hydrogen-bond acceptors (Lipinski definition) is 3. The van der Waals surface area contributed by atoms with E-state index in [-0.39, 0.29) is 12.5 Å². The highest BCUT2D eigenvalue weighted by atomic mass is 16.4. The van der Waals surface area contributed by atoms with Gasteiger partial charge in [-0.05, 0) is 13.3 Å². The molecule has 0 aromatic heterocycles. The Kier molecular flexibility index (Phi) is 6.77. The molecule has 1 unspecified atom stereocenters. The molecule has 3 amide bonds. The topological polar surface area (TPSA) is 108 Å². The molecule has 0 spiro atoms. The molecule has 0 aromatic rings. The molecule has 0 aliphatic heterocycles. The molecule has 0 rings (SSSR count). The van der Waals surface area contributed by atoms with Gasteiger partial charge in [-0.25, -0.2) is 9.59 Å². The van der Waals surface area contributed by atoms with Crippen molar-refractivity contribution in [2.45, 2.75) is 39.2 Å². The number of aliphatic carboxylic acids is 1. The number of carboxylic acids is 1. The minimum Gasteiger partial charge on any atom is -0.480 e. The predicted molar refractivity (Wildman–Crippen MR) is 66.2 cm³/mol. The molecule has 0 saturated heterocycles. The van der Waals surface area contributed by atoms with E-state index in [4.69, 9.17) is 5.11 Å². The van der Waals surface area contributed by atoms with Crippen LogP contribution in [0.15, 0.2) is 0 Å². The molecule has 4 N–H and O–H groups in total. The number of carboxylic acid groups (broad SMARTS) is 1. The summed E-state index contributed by atoms with van der Waals surface area (Å²) in [6.07, 6.45) is 0.996. The minimum atomic E-state index is -1.27. The molecule has 0 saturated carbocycles. The zero-order chi connectivity index (χ0) is 14.2. The summed E-state index contributed by atoms with van der Waals surface area (Å²) in [6.45, 7) is 5.24. The van der Waals surface area contributed by atoms with Gasteiger partial charge in [-0.3, -0.25) is 4.79 Å². The largest absolute Gasteiger partial charge is 0.480 e. The first-order valence-corrected chi connectivity index (χ1v) is 5.85. The van der Waals surface area contributed by atoms with Gasteiger partial charge in [-0.2, -0.15) is 0 Å². The summed E-state index contributed by atoms with van der Waals surface area (Å²) in [5.41, 5.74) is -1.27. The second kappa shape index (κ2) is 7.52. The van der Waals surface area contributed by atoms with Gasteiger partial charge in [-0.15, -0.1) is 0 Å². The SMILES string of the molecule is CCCC(C)(NC(=O)NCCNC(C)=O)C(=O)O. The van der Waals surface area contributed by atoms with Crippen LogP contribution in [0.4, 0.5) is 4.79 Å². The Morgan fingerprint density at radius 1 is 1.17 bits per heavy atom. The monoisotopic (exact) mass is 259 g/mol. The molecule has 104 valence electrons. The lowest BCUT2D eigenvalue weighted by Crippen LogP contribution is -2.55. The van der Waals surface area contributed by atoms with Crippen molar-refractivity contribution in [2.75, 3.05) is 13.1 Å². The van der Waals surface area contributed by atoms with E-state index in [2.05, 4.69) is 16.0 Å². The lowest BCUT2D eigenvalue weighted by molar-refractivity contribution is -0.144. The van der Waals surface area contributed by atoms with Crippen LogP contribution in [0.5, 0.6) is 0 Å². The number of nitrogens with one attached hydrogen (secondary N) is 3. The van der Waals surface area contributed by atoms with Gasteiger partial charge in [0.1, 0.15) is 5.54 Å². The van der Waals surface area contributed by atoms with E-state index in [0.29, 0.717) is 19.4 Å². The van der Waals surface area contributed by atoms with Gasteiger partial charge in [0.25, 0.3) is 0 Å². The average molecular weight is 259 g/mol. The molecule has 0 aromatic carbocycles. The second-order valence-corrected chi connectivity index (χ2v) is 4.25. The number of carbonyl (C=O) groups is 3. The van der Waals surface area contributed by atoms with Crippen LogP contribution < -0.4 is 16.0 Å². The number of rotatable bonds is 7. The molecular weight excluding hydrogens is 238 g/mol. The Balaban J connectivity index is 4.11. The van der Waals surface area contributed by atoms with Crippen molar-refractivity contribution in [1.82, 2.24) is 16.0 Å².